The van der Waals surface area contributed by atoms with Crippen molar-refractivity contribution in [3.8, 4) is 0 Å². The lowest BCUT2D eigenvalue weighted by Crippen LogP contribution is -2.40. The van der Waals surface area contributed by atoms with Crippen LogP contribution in [0, 0.1) is 5.82 Å². The van der Waals surface area contributed by atoms with Gasteiger partial charge in [0.15, 0.2) is 5.60 Å². The van der Waals surface area contributed by atoms with Gasteiger partial charge in [-0.15, -0.1) is 0 Å². The highest BCUT2D eigenvalue weighted by atomic mass is 19.1. The molecule has 1 spiro atoms. The number of carbonyl (C=O) groups excluding carboxylic acids is 3. The van der Waals surface area contributed by atoms with E-state index in [1.165, 1.54) is 24.2 Å². The zero-order chi connectivity index (χ0) is 22.2. The third-order valence-electron chi connectivity index (χ3n) is 5.46. The SMILES string of the molecule is CCOC(=O)CN1CCN(c2ccc(N3C[C@@]4(CC4NC(C)=O)OC3=O)cc2F)C=N1. The maximum atomic E-state index is 14.9. The van der Waals surface area contributed by atoms with Gasteiger partial charge in [0, 0.05) is 19.9 Å². The molecule has 11 heteroatoms. The van der Waals surface area contributed by atoms with Gasteiger partial charge in [-0.05, 0) is 25.1 Å². The lowest BCUT2D eigenvalue weighted by atomic mass is 10.2. The van der Waals surface area contributed by atoms with Gasteiger partial charge in [0.25, 0.3) is 0 Å². The van der Waals surface area contributed by atoms with Crippen LogP contribution >= 0.6 is 0 Å². The minimum atomic E-state index is -0.736. The molecule has 1 aliphatic carbocycles. The smallest absolute Gasteiger partial charge is 0.415 e. The summed E-state index contributed by atoms with van der Waals surface area (Å²) < 4.78 is 25.2. The van der Waals surface area contributed by atoms with E-state index in [9.17, 15) is 18.8 Å². The Morgan fingerprint density at radius 3 is 2.84 bits per heavy atom. The minimum Gasteiger partial charge on any atom is -0.465 e. The fourth-order valence-electron chi connectivity index (χ4n) is 3.82. The number of amides is 2. The molecule has 1 saturated carbocycles. The van der Waals surface area contributed by atoms with Crippen molar-refractivity contribution in [1.29, 1.82) is 0 Å². The molecule has 4 rings (SSSR count). The van der Waals surface area contributed by atoms with E-state index in [0.717, 1.165) is 0 Å². The zero-order valence-electron chi connectivity index (χ0n) is 17.3. The van der Waals surface area contributed by atoms with Gasteiger partial charge in [-0.1, -0.05) is 0 Å². The number of halogens is 1. The van der Waals surface area contributed by atoms with Crippen LogP contribution in [0.25, 0.3) is 0 Å². The first-order valence-electron chi connectivity index (χ1n) is 10.1. The number of hydrogen-bond donors (Lipinski definition) is 1. The van der Waals surface area contributed by atoms with Crippen LogP contribution in [0.1, 0.15) is 20.3 Å². The Morgan fingerprint density at radius 1 is 1.39 bits per heavy atom. The van der Waals surface area contributed by atoms with Gasteiger partial charge in [-0.25, -0.2) is 9.18 Å². The average Bonchev–Trinajstić information content (AvgIpc) is 3.23. The largest absolute Gasteiger partial charge is 0.465 e. The van der Waals surface area contributed by atoms with E-state index in [-0.39, 0.29) is 31.0 Å². The second-order valence-electron chi connectivity index (χ2n) is 7.73. The summed E-state index contributed by atoms with van der Waals surface area (Å²) in [7, 11) is 0. The molecule has 3 aliphatic rings. The first kappa shape index (κ1) is 20.9. The van der Waals surface area contributed by atoms with Crippen molar-refractivity contribution in [2.45, 2.75) is 31.9 Å². The number of benzene rings is 1. The molecule has 0 radical (unpaired) electrons. The van der Waals surface area contributed by atoms with Crippen LogP contribution in [0.3, 0.4) is 0 Å². The molecular formula is C20H24FN5O5. The molecular weight excluding hydrogens is 409 g/mol. The highest BCUT2D eigenvalue weighted by molar-refractivity contribution is 5.92. The van der Waals surface area contributed by atoms with Gasteiger partial charge in [-0.2, -0.15) is 5.10 Å². The summed E-state index contributed by atoms with van der Waals surface area (Å²) >= 11 is 0. The van der Waals surface area contributed by atoms with Gasteiger partial charge in [0.1, 0.15) is 18.7 Å². The lowest BCUT2D eigenvalue weighted by molar-refractivity contribution is -0.144. The second-order valence-corrected chi connectivity index (χ2v) is 7.73. The molecule has 2 atom stereocenters. The molecule has 2 aliphatic heterocycles. The topological polar surface area (TPSA) is 104 Å². The standard InChI is InChI=1S/C20H24FN5O5/c1-3-30-18(28)10-25-7-6-24(12-22-25)16-5-4-14(8-15(16)21)26-11-20(31-19(26)29)9-17(20)23-13(2)27/h4-5,8,12,17H,3,6-7,9-11H2,1-2H3,(H,23,27)/t17?,20-/m1/s1. The fourth-order valence-corrected chi connectivity index (χ4v) is 3.82. The average molecular weight is 433 g/mol. The van der Waals surface area contributed by atoms with Crippen LogP contribution in [-0.2, 0) is 19.1 Å². The summed E-state index contributed by atoms with van der Waals surface area (Å²) in [5.41, 5.74) is -0.0395. The predicted molar refractivity (Wildman–Crippen MR) is 109 cm³/mol. The monoisotopic (exact) mass is 433 g/mol. The molecule has 1 N–H and O–H groups in total. The molecule has 1 unspecified atom stereocenters. The van der Waals surface area contributed by atoms with Crippen LogP contribution in [-0.4, -0.2) is 73.7 Å². The van der Waals surface area contributed by atoms with E-state index in [1.54, 1.807) is 29.0 Å². The van der Waals surface area contributed by atoms with E-state index in [2.05, 4.69) is 10.4 Å². The molecule has 0 aromatic heterocycles. The van der Waals surface area contributed by atoms with Gasteiger partial charge < -0.3 is 19.7 Å². The van der Waals surface area contributed by atoms with Crippen molar-refractivity contribution in [2.75, 3.05) is 42.6 Å². The lowest BCUT2D eigenvalue weighted by Gasteiger charge is -2.29. The summed E-state index contributed by atoms with van der Waals surface area (Å²) in [6.07, 6.45) is 1.44. The first-order chi connectivity index (χ1) is 14.8. The first-order valence-corrected chi connectivity index (χ1v) is 10.1. The van der Waals surface area contributed by atoms with E-state index >= 15 is 0 Å². The Bertz CT molecular complexity index is 941. The summed E-state index contributed by atoms with van der Waals surface area (Å²) in [5.74, 6) is -1.06. The number of hydrogen-bond acceptors (Lipinski definition) is 8. The molecule has 10 nitrogen and oxygen atoms in total. The molecule has 2 amide bonds. The highest BCUT2D eigenvalue weighted by Gasteiger charge is 2.64. The fraction of sp³-hybridized carbons (Fsp3) is 0.500. The molecule has 2 fully saturated rings. The Hall–Kier alpha value is -3.37. The van der Waals surface area contributed by atoms with Gasteiger partial charge >= 0.3 is 12.1 Å². The number of esters is 1. The van der Waals surface area contributed by atoms with Crippen LogP contribution in [0.4, 0.5) is 20.6 Å². The summed E-state index contributed by atoms with van der Waals surface area (Å²) in [6.45, 7) is 4.61. The summed E-state index contributed by atoms with van der Waals surface area (Å²) in [6, 6.07) is 4.29. The number of hydrazone groups is 1. The third-order valence-corrected chi connectivity index (χ3v) is 5.46. The number of carbonyl (C=O) groups is 3. The molecule has 1 saturated heterocycles. The van der Waals surface area contributed by atoms with Gasteiger partial charge in [0.05, 0.1) is 37.1 Å². The third kappa shape index (κ3) is 4.25. The molecule has 0 bridgehead atoms. The Balaban J connectivity index is 1.41. The number of nitrogens with zero attached hydrogens (tertiary/aromatic N) is 4. The zero-order valence-corrected chi connectivity index (χ0v) is 17.3. The molecule has 1 aromatic rings. The quantitative estimate of drug-likeness (QED) is 0.669. The van der Waals surface area contributed by atoms with Crippen LogP contribution in [0.5, 0.6) is 0 Å². The van der Waals surface area contributed by atoms with Crippen molar-refractivity contribution >= 4 is 35.7 Å². The van der Waals surface area contributed by atoms with Crippen molar-refractivity contribution in [2.24, 2.45) is 5.10 Å². The van der Waals surface area contributed by atoms with Crippen molar-refractivity contribution in [1.82, 2.24) is 10.3 Å². The van der Waals surface area contributed by atoms with Crippen molar-refractivity contribution < 1.29 is 28.2 Å². The predicted octanol–water partition coefficient (Wildman–Crippen LogP) is 1.06. The van der Waals surface area contributed by atoms with E-state index in [1.807, 2.05) is 0 Å². The number of rotatable bonds is 6. The Morgan fingerprint density at radius 2 is 2.19 bits per heavy atom. The number of anilines is 2. The van der Waals surface area contributed by atoms with E-state index in [0.29, 0.717) is 37.5 Å². The molecule has 1 aromatic carbocycles. The second kappa shape index (κ2) is 8.05. The van der Waals surface area contributed by atoms with E-state index in [4.69, 9.17) is 9.47 Å². The summed E-state index contributed by atoms with van der Waals surface area (Å²) in [4.78, 5) is 38.1. The highest BCUT2D eigenvalue weighted by Crippen LogP contribution is 2.46. The number of ether oxygens (including phenoxy) is 2. The van der Waals surface area contributed by atoms with Crippen LogP contribution in [0.2, 0.25) is 0 Å². The van der Waals surface area contributed by atoms with Crippen LogP contribution in [0.15, 0.2) is 23.3 Å². The minimum absolute atomic E-state index is 0.0396. The van der Waals surface area contributed by atoms with E-state index < -0.39 is 17.5 Å². The molecule has 2 heterocycles. The molecule has 166 valence electrons. The van der Waals surface area contributed by atoms with Crippen molar-refractivity contribution in [3.63, 3.8) is 0 Å². The molecule has 31 heavy (non-hydrogen) atoms. The Kier molecular flexibility index (Phi) is 5.42. The van der Waals surface area contributed by atoms with Gasteiger partial charge in [-0.3, -0.25) is 19.5 Å². The van der Waals surface area contributed by atoms with Gasteiger partial charge in [0.2, 0.25) is 5.91 Å². The maximum Gasteiger partial charge on any atom is 0.415 e. The maximum absolute atomic E-state index is 14.9. The normalized spacial score (nSPS) is 24.4. The summed E-state index contributed by atoms with van der Waals surface area (Å²) in [5, 5.41) is 8.48. The van der Waals surface area contributed by atoms with Crippen LogP contribution < -0.4 is 15.1 Å². The number of nitrogens with one attached hydrogen (secondary N) is 1. The van der Waals surface area contributed by atoms with Crippen molar-refractivity contribution in [3.05, 3.63) is 24.0 Å². The Labute approximate surface area is 178 Å².